The Bertz CT molecular complexity index is 989. The van der Waals surface area contributed by atoms with Crippen molar-refractivity contribution in [3.8, 4) is 0 Å². The zero-order valence-electron chi connectivity index (χ0n) is 13.9. The Morgan fingerprint density at radius 2 is 1.68 bits per heavy atom. The van der Waals surface area contributed by atoms with Crippen molar-refractivity contribution in [1.82, 2.24) is 4.72 Å². The molecule has 0 bridgehead atoms. The first-order valence-corrected chi connectivity index (χ1v) is 11.5. The van der Waals surface area contributed by atoms with E-state index in [0.717, 1.165) is 11.8 Å². The fourth-order valence-corrected chi connectivity index (χ4v) is 5.35. The maximum absolute atomic E-state index is 12.7. The number of aryl methyl sites for hydroxylation is 1. The molecule has 0 unspecified atom stereocenters. The van der Waals surface area contributed by atoms with Crippen molar-refractivity contribution in [2.24, 2.45) is 0 Å². The monoisotopic (exact) mass is 446 g/mol. The largest absolute Gasteiger partial charge is 0.283 e. The third-order valence-electron chi connectivity index (χ3n) is 3.43. The number of para-hydroxylation sites is 1. The number of sulfonamides is 2. The van der Waals surface area contributed by atoms with Crippen molar-refractivity contribution >= 4 is 41.7 Å². The molecule has 0 heterocycles. The Hall–Kier alpha value is -1.42. The van der Waals surface area contributed by atoms with Gasteiger partial charge >= 0.3 is 0 Å². The highest BCUT2D eigenvalue weighted by Gasteiger charge is 2.22. The predicted octanol–water partition coefficient (Wildman–Crippen LogP) is 3.17. The lowest BCUT2D eigenvalue weighted by Crippen LogP contribution is -2.28. The molecule has 0 radical (unpaired) electrons. The van der Waals surface area contributed by atoms with Crippen molar-refractivity contribution < 1.29 is 16.8 Å². The fraction of sp³-hybridized carbons (Fsp3) is 0.250. The summed E-state index contributed by atoms with van der Waals surface area (Å²) in [5.74, 6) is 0. The molecule has 136 valence electrons. The van der Waals surface area contributed by atoms with Crippen LogP contribution in [0.2, 0.25) is 0 Å². The van der Waals surface area contributed by atoms with Gasteiger partial charge in [0.15, 0.2) is 0 Å². The van der Waals surface area contributed by atoms with E-state index in [2.05, 4.69) is 25.4 Å². The van der Waals surface area contributed by atoms with Crippen LogP contribution >= 0.6 is 15.9 Å². The van der Waals surface area contributed by atoms with Gasteiger partial charge in [-0.2, -0.15) is 0 Å². The second-order valence-electron chi connectivity index (χ2n) is 5.74. The van der Waals surface area contributed by atoms with Gasteiger partial charge in [-0.1, -0.05) is 24.3 Å². The lowest BCUT2D eigenvalue weighted by molar-refractivity contribution is 0.567. The van der Waals surface area contributed by atoms with Crippen LogP contribution in [0.4, 0.5) is 5.69 Å². The summed E-state index contributed by atoms with van der Waals surface area (Å²) in [6, 6.07) is 11.0. The molecule has 0 aliphatic heterocycles. The van der Waals surface area contributed by atoms with Crippen LogP contribution in [0.3, 0.4) is 0 Å². The quantitative estimate of drug-likeness (QED) is 0.712. The number of hydrogen-bond donors (Lipinski definition) is 2. The molecular formula is C16H19BrN2O4S2. The minimum atomic E-state index is -3.79. The van der Waals surface area contributed by atoms with Crippen molar-refractivity contribution in [3.05, 3.63) is 58.1 Å². The van der Waals surface area contributed by atoms with E-state index in [-0.39, 0.29) is 4.90 Å². The number of rotatable bonds is 6. The summed E-state index contributed by atoms with van der Waals surface area (Å²) < 4.78 is 53.8. The topological polar surface area (TPSA) is 92.3 Å². The zero-order valence-corrected chi connectivity index (χ0v) is 17.2. The highest BCUT2D eigenvalue weighted by molar-refractivity contribution is 9.10. The molecule has 0 fully saturated rings. The summed E-state index contributed by atoms with van der Waals surface area (Å²) >= 11 is 3.27. The minimum Gasteiger partial charge on any atom is -0.283 e. The second-order valence-corrected chi connectivity index (χ2v) is 10.0. The van der Waals surface area contributed by atoms with E-state index >= 15 is 0 Å². The molecule has 0 saturated heterocycles. The maximum Gasteiger partial charge on any atom is 0.242 e. The molecule has 6 nitrogen and oxygen atoms in total. The molecule has 0 spiro atoms. The molecule has 1 atom stereocenters. The molecule has 0 aromatic heterocycles. The molecular weight excluding hydrogens is 428 g/mol. The lowest BCUT2D eigenvalue weighted by atomic mass is 10.1. The molecule has 9 heteroatoms. The van der Waals surface area contributed by atoms with Crippen LogP contribution in [0.1, 0.15) is 24.1 Å². The van der Waals surface area contributed by atoms with Gasteiger partial charge in [0, 0.05) is 10.5 Å². The SMILES string of the molecule is Cc1ccc(S(=O)(=O)N[C@H](C)c2ccccc2NS(C)(=O)=O)c(Br)c1. The van der Waals surface area contributed by atoms with E-state index in [9.17, 15) is 16.8 Å². The number of benzene rings is 2. The van der Waals surface area contributed by atoms with Crippen molar-refractivity contribution in [1.29, 1.82) is 0 Å². The van der Waals surface area contributed by atoms with Crippen LogP contribution in [0, 0.1) is 6.92 Å². The average molecular weight is 447 g/mol. The maximum atomic E-state index is 12.7. The first-order chi connectivity index (χ1) is 11.5. The molecule has 0 saturated carbocycles. The minimum absolute atomic E-state index is 0.124. The smallest absolute Gasteiger partial charge is 0.242 e. The van der Waals surface area contributed by atoms with Crippen molar-refractivity contribution in [2.75, 3.05) is 11.0 Å². The normalized spacial score (nSPS) is 13.4. The van der Waals surface area contributed by atoms with Crippen LogP contribution in [0.5, 0.6) is 0 Å². The molecule has 2 N–H and O–H groups in total. The van der Waals surface area contributed by atoms with Crippen LogP contribution in [0.15, 0.2) is 51.8 Å². The first kappa shape index (κ1) is 19.9. The molecule has 0 aliphatic carbocycles. The third kappa shape index (κ3) is 5.27. The Balaban J connectivity index is 2.35. The molecule has 0 aliphatic rings. The van der Waals surface area contributed by atoms with Gasteiger partial charge < -0.3 is 0 Å². The van der Waals surface area contributed by atoms with Gasteiger partial charge in [-0.25, -0.2) is 21.6 Å². The van der Waals surface area contributed by atoms with E-state index < -0.39 is 26.1 Å². The highest BCUT2D eigenvalue weighted by atomic mass is 79.9. The van der Waals surface area contributed by atoms with E-state index in [1.54, 1.807) is 43.3 Å². The summed E-state index contributed by atoms with van der Waals surface area (Å²) in [6.45, 7) is 3.52. The highest BCUT2D eigenvalue weighted by Crippen LogP contribution is 2.27. The standard InChI is InChI=1S/C16H19BrN2O4S2/c1-11-8-9-16(14(17)10-11)25(22,23)18-12(2)13-6-4-5-7-15(13)19-24(3,20)21/h4-10,12,18-19H,1-3H3/t12-/m1/s1. The van der Waals surface area contributed by atoms with Gasteiger partial charge in [-0.3, -0.25) is 4.72 Å². The van der Waals surface area contributed by atoms with E-state index in [1.165, 1.54) is 6.07 Å². The molecule has 2 aromatic carbocycles. The van der Waals surface area contributed by atoms with E-state index in [0.29, 0.717) is 15.7 Å². The van der Waals surface area contributed by atoms with Crippen LogP contribution in [-0.2, 0) is 20.0 Å². The molecule has 25 heavy (non-hydrogen) atoms. The lowest BCUT2D eigenvalue weighted by Gasteiger charge is -2.19. The van der Waals surface area contributed by atoms with Crippen LogP contribution in [-0.4, -0.2) is 23.1 Å². The van der Waals surface area contributed by atoms with Crippen molar-refractivity contribution in [3.63, 3.8) is 0 Å². The summed E-state index contributed by atoms with van der Waals surface area (Å²) in [6.07, 6.45) is 1.04. The number of hydrogen-bond acceptors (Lipinski definition) is 4. The molecule has 2 aromatic rings. The van der Waals surface area contributed by atoms with Gasteiger partial charge in [-0.05, 0) is 59.1 Å². The zero-order chi connectivity index (χ0) is 18.8. The number of nitrogens with one attached hydrogen (secondary N) is 2. The fourth-order valence-electron chi connectivity index (χ4n) is 2.35. The van der Waals surface area contributed by atoms with Crippen LogP contribution in [0.25, 0.3) is 0 Å². The summed E-state index contributed by atoms with van der Waals surface area (Å²) in [5.41, 5.74) is 1.80. The Morgan fingerprint density at radius 1 is 1.04 bits per heavy atom. The average Bonchev–Trinajstić information content (AvgIpc) is 2.45. The molecule has 0 amide bonds. The molecule has 2 rings (SSSR count). The van der Waals surface area contributed by atoms with Gasteiger partial charge in [0.25, 0.3) is 0 Å². The number of anilines is 1. The van der Waals surface area contributed by atoms with E-state index in [4.69, 9.17) is 0 Å². The predicted molar refractivity (Wildman–Crippen MR) is 103 cm³/mol. The van der Waals surface area contributed by atoms with Gasteiger partial charge in [-0.15, -0.1) is 0 Å². The summed E-state index contributed by atoms with van der Waals surface area (Å²) in [7, 11) is -7.26. The Kier molecular flexibility index (Phi) is 5.93. The van der Waals surface area contributed by atoms with Gasteiger partial charge in [0.1, 0.15) is 0 Å². The van der Waals surface area contributed by atoms with Gasteiger partial charge in [0.2, 0.25) is 20.0 Å². The van der Waals surface area contributed by atoms with Gasteiger partial charge in [0.05, 0.1) is 16.8 Å². The number of halogens is 1. The van der Waals surface area contributed by atoms with Crippen LogP contribution < -0.4 is 9.44 Å². The van der Waals surface area contributed by atoms with E-state index in [1.807, 2.05) is 6.92 Å². The Morgan fingerprint density at radius 3 is 2.28 bits per heavy atom. The summed E-state index contributed by atoms with van der Waals surface area (Å²) in [5, 5.41) is 0. The Labute approximate surface area is 156 Å². The first-order valence-electron chi connectivity index (χ1n) is 7.35. The van der Waals surface area contributed by atoms with Crippen molar-refractivity contribution in [2.45, 2.75) is 24.8 Å². The second kappa shape index (κ2) is 7.45. The summed E-state index contributed by atoms with van der Waals surface area (Å²) in [4.78, 5) is 0.124. The third-order valence-corrected chi connectivity index (χ3v) is 6.54.